The predicted molar refractivity (Wildman–Crippen MR) is 137 cm³/mol. The molecule has 1 aliphatic rings. The Morgan fingerprint density at radius 3 is 2.44 bits per heavy atom. The van der Waals surface area contributed by atoms with E-state index < -0.39 is 12.2 Å². The van der Waals surface area contributed by atoms with Gasteiger partial charge >= 0.3 is 6.09 Å². The molecule has 3 aromatic rings. The average molecular weight is 483 g/mol. The summed E-state index contributed by atoms with van der Waals surface area (Å²) in [5.74, 6) is 1.55. The first-order valence-electron chi connectivity index (χ1n) is 11.4. The number of anilines is 2. The number of halogens is 1. The summed E-state index contributed by atoms with van der Waals surface area (Å²) in [6, 6.07) is 22.2. The number of ether oxygens (including phenoxy) is 2. The van der Waals surface area contributed by atoms with Crippen molar-refractivity contribution in [1.82, 2.24) is 0 Å². The smallest absolute Gasteiger partial charge is 0.417 e. The van der Waals surface area contributed by atoms with Crippen LogP contribution in [0.1, 0.15) is 30.4 Å². The van der Waals surface area contributed by atoms with Gasteiger partial charge in [0.2, 0.25) is 0 Å². The third-order valence-corrected chi connectivity index (χ3v) is 5.92. The second-order valence-electron chi connectivity index (χ2n) is 8.51. The number of benzene rings is 3. The molecule has 4 rings (SSSR count). The molecule has 7 heteroatoms. The molecule has 34 heavy (non-hydrogen) atoms. The van der Waals surface area contributed by atoms with Crippen LogP contribution in [-0.4, -0.2) is 23.9 Å². The first-order valence-corrected chi connectivity index (χ1v) is 11.4. The Balaban J connectivity index is 0.00000324. The number of amides is 1. The van der Waals surface area contributed by atoms with Crippen molar-refractivity contribution >= 4 is 29.9 Å². The van der Waals surface area contributed by atoms with Crippen LogP contribution in [0.4, 0.5) is 16.2 Å². The molecule has 1 aliphatic carbocycles. The van der Waals surface area contributed by atoms with Crippen molar-refractivity contribution in [2.24, 2.45) is 5.92 Å². The number of rotatable bonds is 7. The van der Waals surface area contributed by atoms with Gasteiger partial charge in [0.25, 0.3) is 0 Å². The average Bonchev–Trinajstić information content (AvgIpc) is 3.01. The van der Waals surface area contributed by atoms with Gasteiger partial charge in [-0.2, -0.15) is 0 Å². The SMILES string of the molecule is Cl.Nc1cc(NC(=O)Oc2ccccc2)cc2c1CCCC(C[C@H](O)COc1ccccc1)C2. The molecule has 0 saturated heterocycles. The van der Waals surface area contributed by atoms with Gasteiger partial charge in [0, 0.05) is 11.4 Å². The van der Waals surface area contributed by atoms with Crippen molar-refractivity contribution in [2.45, 2.75) is 38.2 Å². The zero-order valence-corrected chi connectivity index (χ0v) is 19.8. The summed E-state index contributed by atoms with van der Waals surface area (Å²) in [5, 5.41) is 13.3. The minimum Gasteiger partial charge on any atom is -0.491 e. The fourth-order valence-electron chi connectivity index (χ4n) is 4.40. The third-order valence-electron chi connectivity index (χ3n) is 5.92. The molecule has 2 atom stereocenters. The third kappa shape index (κ3) is 7.14. The van der Waals surface area contributed by atoms with Crippen molar-refractivity contribution in [2.75, 3.05) is 17.7 Å². The van der Waals surface area contributed by atoms with Gasteiger partial charge in [-0.1, -0.05) is 36.4 Å². The van der Waals surface area contributed by atoms with Crippen molar-refractivity contribution in [3.8, 4) is 11.5 Å². The number of nitrogens with one attached hydrogen (secondary N) is 1. The quantitative estimate of drug-likeness (QED) is 0.300. The Labute approximate surface area is 206 Å². The van der Waals surface area contributed by atoms with Gasteiger partial charge in [-0.25, -0.2) is 4.79 Å². The maximum Gasteiger partial charge on any atom is 0.417 e. The molecule has 1 unspecified atom stereocenters. The second-order valence-corrected chi connectivity index (χ2v) is 8.51. The van der Waals surface area contributed by atoms with Gasteiger partial charge in [0.1, 0.15) is 18.1 Å². The van der Waals surface area contributed by atoms with Crippen LogP contribution in [0.3, 0.4) is 0 Å². The summed E-state index contributed by atoms with van der Waals surface area (Å²) in [7, 11) is 0. The maximum absolute atomic E-state index is 12.3. The van der Waals surface area contributed by atoms with Gasteiger partial charge in [0.05, 0.1) is 6.10 Å². The molecule has 6 nitrogen and oxygen atoms in total. The van der Waals surface area contributed by atoms with Crippen molar-refractivity contribution in [3.63, 3.8) is 0 Å². The highest BCUT2D eigenvalue weighted by atomic mass is 35.5. The van der Waals surface area contributed by atoms with Crippen LogP contribution < -0.4 is 20.5 Å². The Hall–Kier alpha value is -3.22. The first kappa shape index (κ1) is 25.4. The molecule has 0 aromatic heterocycles. The van der Waals surface area contributed by atoms with Crippen LogP contribution >= 0.6 is 12.4 Å². The van der Waals surface area contributed by atoms with E-state index in [0.29, 0.717) is 29.5 Å². The van der Waals surface area contributed by atoms with E-state index in [2.05, 4.69) is 5.32 Å². The van der Waals surface area contributed by atoms with Crippen LogP contribution in [0, 0.1) is 5.92 Å². The predicted octanol–water partition coefficient (Wildman–Crippen LogP) is 5.63. The zero-order valence-electron chi connectivity index (χ0n) is 19.0. The number of carbonyl (C=O) groups excluding carboxylic acids is 1. The number of fused-ring (bicyclic) bond motifs is 1. The molecule has 0 radical (unpaired) electrons. The Bertz CT molecular complexity index is 1060. The standard InChI is InChI=1S/C27H30N2O4.ClH/c28-26-17-21(29-27(31)33-24-11-5-2-6-12-24)16-20-14-19(8-7-13-25(20)26)15-22(30)18-32-23-9-3-1-4-10-23;/h1-6,9-12,16-17,19,22,30H,7-8,13-15,18,28H2,(H,29,31);1H/t19?,22-;/m0./s1. The highest BCUT2D eigenvalue weighted by Crippen LogP contribution is 2.33. The zero-order chi connectivity index (χ0) is 23.0. The summed E-state index contributed by atoms with van der Waals surface area (Å²) < 4.78 is 11.0. The minimum absolute atomic E-state index is 0. The molecule has 0 aliphatic heterocycles. The summed E-state index contributed by atoms with van der Waals surface area (Å²) in [6.45, 7) is 0.266. The number of hydrogen-bond acceptors (Lipinski definition) is 5. The molecule has 0 spiro atoms. The molecule has 3 aromatic carbocycles. The number of aliphatic hydroxyl groups excluding tert-OH is 1. The highest BCUT2D eigenvalue weighted by molar-refractivity contribution is 5.87. The lowest BCUT2D eigenvalue weighted by atomic mass is 9.91. The van der Waals surface area contributed by atoms with Gasteiger partial charge in [-0.15, -0.1) is 12.4 Å². The van der Waals surface area contributed by atoms with Gasteiger partial charge < -0.3 is 20.3 Å². The molecule has 4 N–H and O–H groups in total. The van der Waals surface area contributed by atoms with Crippen LogP contribution in [0.25, 0.3) is 0 Å². The van der Waals surface area contributed by atoms with Crippen LogP contribution in [0.2, 0.25) is 0 Å². The topological polar surface area (TPSA) is 93.8 Å². The molecule has 1 amide bonds. The number of carbonyl (C=O) groups is 1. The van der Waals surface area contributed by atoms with Crippen molar-refractivity contribution in [3.05, 3.63) is 83.9 Å². The summed E-state index contributed by atoms with van der Waals surface area (Å²) in [6.07, 6.45) is 3.26. The van der Waals surface area contributed by atoms with E-state index in [0.717, 1.165) is 42.6 Å². The fourth-order valence-corrected chi connectivity index (χ4v) is 4.40. The summed E-state index contributed by atoms with van der Waals surface area (Å²) in [4.78, 5) is 12.3. The molecular weight excluding hydrogens is 452 g/mol. The molecular formula is C27H31ClN2O4. The Morgan fingerprint density at radius 1 is 1.06 bits per heavy atom. The first-order chi connectivity index (χ1) is 16.1. The van der Waals surface area contributed by atoms with Crippen LogP contribution in [0.15, 0.2) is 72.8 Å². The van der Waals surface area contributed by atoms with Crippen molar-refractivity contribution < 1.29 is 19.4 Å². The lowest BCUT2D eigenvalue weighted by molar-refractivity contribution is 0.0833. The fraction of sp³-hybridized carbons (Fsp3) is 0.296. The number of nitrogens with two attached hydrogens (primary N) is 1. The van der Waals surface area contributed by atoms with E-state index in [9.17, 15) is 9.90 Å². The van der Waals surface area contributed by atoms with Crippen LogP contribution in [-0.2, 0) is 12.8 Å². The maximum atomic E-state index is 12.3. The van der Waals surface area contributed by atoms with E-state index in [1.165, 1.54) is 0 Å². The number of aliphatic hydroxyl groups is 1. The summed E-state index contributed by atoms with van der Waals surface area (Å²) >= 11 is 0. The van der Waals surface area contributed by atoms with Gasteiger partial charge in [-0.3, -0.25) is 5.32 Å². The monoisotopic (exact) mass is 482 g/mol. The Morgan fingerprint density at radius 2 is 1.74 bits per heavy atom. The number of para-hydroxylation sites is 2. The number of nitrogen functional groups attached to an aromatic ring is 1. The minimum atomic E-state index is -0.556. The second kappa shape index (κ2) is 12.3. The number of hydrogen-bond donors (Lipinski definition) is 3. The lowest BCUT2D eigenvalue weighted by Crippen LogP contribution is -2.22. The van der Waals surface area contributed by atoms with E-state index in [1.807, 2.05) is 54.6 Å². The van der Waals surface area contributed by atoms with E-state index in [4.69, 9.17) is 15.2 Å². The van der Waals surface area contributed by atoms with E-state index in [-0.39, 0.29) is 19.0 Å². The molecule has 0 fully saturated rings. The molecule has 0 heterocycles. The van der Waals surface area contributed by atoms with E-state index in [1.54, 1.807) is 18.2 Å². The molecule has 180 valence electrons. The largest absolute Gasteiger partial charge is 0.491 e. The van der Waals surface area contributed by atoms with Gasteiger partial charge in [0.15, 0.2) is 0 Å². The van der Waals surface area contributed by atoms with Gasteiger partial charge in [-0.05, 0) is 85.5 Å². The van der Waals surface area contributed by atoms with Crippen LogP contribution in [0.5, 0.6) is 11.5 Å². The normalized spacial score (nSPS) is 15.7. The molecule has 0 bridgehead atoms. The highest BCUT2D eigenvalue weighted by Gasteiger charge is 2.22. The molecule has 0 saturated carbocycles. The summed E-state index contributed by atoms with van der Waals surface area (Å²) in [5.41, 5.74) is 9.87. The lowest BCUT2D eigenvalue weighted by Gasteiger charge is -2.20. The van der Waals surface area contributed by atoms with Crippen molar-refractivity contribution in [1.29, 1.82) is 0 Å². The van der Waals surface area contributed by atoms with E-state index >= 15 is 0 Å². The Kier molecular flexibility index (Phi) is 9.19.